The first-order chi connectivity index (χ1) is 12.6. The number of esters is 1. The highest BCUT2D eigenvalue weighted by Gasteiger charge is 2.35. The van der Waals surface area contributed by atoms with Crippen LogP contribution in [-0.4, -0.2) is 24.4 Å². The zero-order valence-electron chi connectivity index (χ0n) is 14.0. The number of amides is 2. The first kappa shape index (κ1) is 18.6. The minimum atomic E-state index is -0.687. The standard InChI is InChI=1S/C18H17BrN2O4S/c1-2-24-17(22)15-12(10-26-14-8-4-3-6-11(14)19)20-18(23)21-16(15)13-7-5-9-25-13/h3-9,16H,2,10H2,1H3,(H2,20,21,23)/t16-/m1/s1. The zero-order valence-corrected chi connectivity index (χ0v) is 16.4. The first-order valence-corrected chi connectivity index (χ1v) is 9.76. The summed E-state index contributed by atoms with van der Waals surface area (Å²) in [4.78, 5) is 25.7. The van der Waals surface area contributed by atoms with Gasteiger partial charge in [-0.2, -0.15) is 0 Å². The first-order valence-electron chi connectivity index (χ1n) is 7.98. The van der Waals surface area contributed by atoms with Crippen molar-refractivity contribution in [2.45, 2.75) is 17.9 Å². The highest BCUT2D eigenvalue weighted by Crippen LogP contribution is 2.33. The van der Waals surface area contributed by atoms with Crippen molar-refractivity contribution in [1.29, 1.82) is 0 Å². The molecule has 0 saturated carbocycles. The normalized spacial score (nSPS) is 16.8. The highest BCUT2D eigenvalue weighted by molar-refractivity contribution is 9.10. The Kier molecular flexibility index (Phi) is 6.05. The lowest BCUT2D eigenvalue weighted by molar-refractivity contribution is -0.139. The van der Waals surface area contributed by atoms with Gasteiger partial charge in [0.2, 0.25) is 0 Å². The molecule has 26 heavy (non-hydrogen) atoms. The quantitative estimate of drug-likeness (QED) is 0.528. The van der Waals surface area contributed by atoms with Crippen LogP contribution in [0.4, 0.5) is 4.79 Å². The molecule has 3 rings (SSSR count). The third-order valence-corrected chi connectivity index (χ3v) is 5.74. The largest absolute Gasteiger partial charge is 0.467 e. The van der Waals surface area contributed by atoms with Gasteiger partial charge in [0.25, 0.3) is 0 Å². The molecule has 0 saturated heterocycles. The van der Waals surface area contributed by atoms with E-state index in [1.807, 2.05) is 24.3 Å². The second-order valence-electron chi connectivity index (χ2n) is 5.38. The number of urea groups is 1. The fraction of sp³-hybridized carbons (Fsp3) is 0.222. The third kappa shape index (κ3) is 4.13. The Morgan fingerprint density at radius 1 is 1.31 bits per heavy atom. The average molecular weight is 437 g/mol. The van der Waals surface area contributed by atoms with Crippen molar-refractivity contribution >= 4 is 39.7 Å². The van der Waals surface area contributed by atoms with Gasteiger partial charge in [-0.05, 0) is 47.1 Å². The maximum absolute atomic E-state index is 12.6. The molecule has 8 heteroatoms. The fourth-order valence-corrected chi connectivity index (χ4v) is 4.10. The summed E-state index contributed by atoms with van der Waals surface area (Å²) in [6.07, 6.45) is 1.50. The molecule has 1 aromatic carbocycles. The van der Waals surface area contributed by atoms with E-state index in [9.17, 15) is 9.59 Å². The maximum Gasteiger partial charge on any atom is 0.338 e. The van der Waals surface area contributed by atoms with Gasteiger partial charge in [0.1, 0.15) is 11.8 Å². The molecule has 0 spiro atoms. The number of halogens is 1. The van der Waals surface area contributed by atoms with E-state index < -0.39 is 12.0 Å². The van der Waals surface area contributed by atoms with Crippen molar-refractivity contribution in [3.63, 3.8) is 0 Å². The van der Waals surface area contributed by atoms with Crippen LogP contribution >= 0.6 is 27.7 Å². The molecular weight excluding hydrogens is 420 g/mol. The van der Waals surface area contributed by atoms with Crippen LogP contribution in [0.15, 0.2) is 67.7 Å². The van der Waals surface area contributed by atoms with E-state index >= 15 is 0 Å². The minimum Gasteiger partial charge on any atom is -0.467 e. The number of carbonyl (C=O) groups excluding carboxylic acids is 2. The molecule has 0 radical (unpaired) electrons. The van der Waals surface area contributed by atoms with Gasteiger partial charge >= 0.3 is 12.0 Å². The van der Waals surface area contributed by atoms with Crippen molar-refractivity contribution < 1.29 is 18.7 Å². The molecule has 2 amide bonds. The van der Waals surface area contributed by atoms with Gasteiger partial charge in [0.15, 0.2) is 0 Å². The number of benzene rings is 1. The van der Waals surface area contributed by atoms with Gasteiger partial charge in [0, 0.05) is 20.8 Å². The molecule has 6 nitrogen and oxygen atoms in total. The second-order valence-corrected chi connectivity index (χ2v) is 7.25. The number of carbonyl (C=O) groups is 2. The summed E-state index contributed by atoms with van der Waals surface area (Å²) < 4.78 is 11.6. The zero-order chi connectivity index (χ0) is 18.5. The number of hydrogen-bond donors (Lipinski definition) is 2. The minimum absolute atomic E-state index is 0.242. The lowest BCUT2D eigenvalue weighted by atomic mass is 10.0. The van der Waals surface area contributed by atoms with E-state index in [0.717, 1.165) is 9.37 Å². The summed E-state index contributed by atoms with van der Waals surface area (Å²) in [7, 11) is 0. The molecule has 1 aliphatic rings. The lowest BCUT2D eigenvalue weighted by Crippen LogP contribution is -2.46. The number of furan rings is 1. The van der Waals surface area contributed by atoms with Gasteiger partial charge in [-0.3, -0.25) is 0 Å². The summed E-state index contributed by atoms with van der Waals surface area (Å²) in [6.45, 7) is 1.98. The Hall–Kier alpha value is -2.19. The molecular formula is C18H17BrN2O4S. The fourth-order valence-electron chi connectivity index (χ4n) is 2.56. The van der Waals surface area contributed by atoms with Crippen LogP contribution in [0, 0.1) is 0 Å². The van der Waals surface area contributed by atoms with Gasteiger partial charge in [-0.15, -0.1) is 11.8 Å². The molecule has 2 heterocycles. The van der Waals surface area contributed by atoms with Crippen LogP contribution in [-0.2, 0) is 9.53 Å². The van der Waals surface area contributed by atoms with E-state index in [2.05, 4.69) is 26.6 Å². The molecule has 2 N–H and O–H groups in total. The lowest BCUT2D eigenvalue weighted by Gasteiger charge is -2.27. The summed E-state index contributed by atoms with van der Waals surface area (Å²) in [5.74, 6) is 0.400. The van der Waals surface area contributed by atoms with Crippen LogP contribution in [0.5, 0.6) is 0 Å². The van der Waals surface area contributed by atoms with Crippen molar-refractivity contribution in [1.82, 2.24) is 10.6 Å². The Morgan fingerprint density at radius 3 is 2.81 bits per heavy atom. The number of rotatable bonds is 6. The van der Waals surface area contributed by atoms with E-state index in [1.54, 1.807) is 19.1 Å². The Labute approximate surface area is 163 Å². The average Bonchev–Trinajstić information content (AvgIpc) is 3.15. The van der Waals surface area contributed by atoms with Crippen LogP contribution < -0.4 is 10.6 Å². The summed E-state index contributed by atoms with van der Waals surface area (Å²) in [5.41, 5.74) is 0.857. The van der Waals surface area contributed by atoms with E-state index in [-0.39, 0.29) is 12.6 Å². The second kappa shape index (κ2) is 8.46. The predicted molar refractivity (Wildman–Crippen MR) is 102 cm³/mol. The SMILES string of the molecule is CCOC(=O)C1=C(CSc2ccccc2Br)NC(=O)N[C@@H]1c1ccco1. The monoisotopic (exact) mass is 436 g/mol. The van der Waals surface area contributed by atoms with Gasteiger partial charge < -0.3 is 19.8 Å². The van der Waals surface area contributed by atoms with Crippen molar-refractivity contribution in [3.05, 3.63) is 64.2 Å². The van der Waals surface area contributed by atoms with E-state index in [4.69, 9.17) is 9.15 Å². The molecule has 0 aliphatic carbocycles. The van der Waals surface area contributed by atoms with Crippen LogP contribution in [0.25, 0.3) is 0 Å². The molecule has 136 valence electrons. The Morgan fingerprint density at radius 2 is 2.12 bits per heavy atom. The van der Waals surface area contributed by atoms with Gasteiger partial charge in [-0.1, -0.05) is 12.1 Å². The number of thioether (sulfide) groups is 1. The van der Waals surface area contributed by atoms with Gasteiger partial charge in [0.05, 0.1) is 18.4 Å². The molecule has 0 bridgehead atoms. The topological polar surface area (TPSA) is 80.6 Å². The summed E-state index contributed by atoms with van der Waals surface area (Å²) >= 11 is 5.01. The smallest absolute Gasteiger partial charge is 0.338 e. The van der Waals surface area contributed by atoms with Crippen molar-refractivity contribution in [3.8, 4) is 0 Å². The Bertz CT molecular complexity index is 835. The van der Waals surface area contributed by atoms with E-state index in [0.29, 0.717) is 22.8 Å². The van der Waals surface area contributed by atoms with Crippen LogP contribution in [0.1, 0.15) is 18.7 Å². The van der Waals surface area contributed by atoms with Crippen molar-refractivity contribution in [2.75, 3.05) is 12.4 Å². The van der Waals surface area contributed by atoms with Gasteiger partial charge in [-0.25, -0.2) is 9.59 Å². The number of nitrogens with one attached hydrogen (secondary N) is 2. The highest BCUT2D eigenvalue weighted by atomic mass is 79.9. The third-order valence-electron chi connectivity index (χ3n) is 3.69. The molecule has 0 fully saturated rings. The predicted octanol–water partition coefficient (Wildman–Crippen LogP) is 4.01. The van der Waals surface area contributed by atoms with Crippen LogP contribution in [0.3, 0.4) is 0 Å². The van der Waals surface area contributed by atoms with E-state index in [1.165, 1.54) is 18.0 Å². The molecule has 2 aromatic rings. The molecule has 1 aliphatic heterocycles. The number of ether oxygens (including phenoxy) is 1. The number of hydrogen-bond acceptors (Lipinski definition) is 5. The summed E-state index contributed by atoms with van der Waals surface area (Å²) in [5, 5.41) is 5.47. The molecule has 0 unspecified atom stereocenters. The van der Waals surface area contributed by atoms with Crippen LogP contribution in [0.2, 0.25) is 0 Å². The van der Waals surface area contributed by atoms with Crippen molar-refractivity contribution in [2.24, 2.45) is 0 Å². The molecule has 1 atom stereocenters. The maximum atomic E-state index is 12.6. The molecule has 1 aromatic heterocycles. The Balaban J connectivity index is 1.94. The summed E-state index contributed by atoms with van der Waals surface area (Å²) in [6, 6.07) is 10.1.